The van der Waals surface area contributed by atoms with E-state index in [1.54, 1.807) is 4.90 Å². The van der Waals surface area contributed by atoms with Gasteiger partial charge in [0.1, 0.15) is 0 Å². The third-order valence-electron chi connectivity index (χ3n) is 3.98. The molecule has 1 aromatic rings. The van der Waals surface area contributed by atoms with Crippen LogP contribution in [0.25, 0.3) is 0 Å². The zero-order chi connectivity index (χ0) is 14.2. The molecule has 0 saturated carbocycles. The van der Waals surface area contributed by atoms with E-state index in [9.17, 15) is 13.2 Å². The number of halogens is 3. The molecule has 19 heavy (non-hydrogen) atoms. The maximum absolute atomic E-state index is 13.9. The van der Waals surface area contributed by atoms with Crippen LogP contribution in [-0.2, 0) is 0 Å². The first kappa shape index (κ1) is 14.2. The molecule has 1 aliphatic rings. The Balaban J connectivity index is 2.37. The Hall–Kier alpha value is -1.23. The Morgan fingerprint density at radius 2 is 2.00 bits per heavy atom. The first-order chi connectivity index (χ1) is 8.88. The predicted molar refractivity (Wildman–Crippen MR) is 69.8 cm³/mol. The molecule has 0 aromatic heterocycles. The summed E-state index contributed by atoms with van der Waals surface area (Å²) in [6.45, 7) is 7.27. The van der Waals surface area contributed by atoms with Crippen LogP contribution in [0.4, 0.5) is 18.9 Å². The fourth-order valence-electron chi connectivity index (χ4n) is 2.39. The van der Waals surface area contributed by atoms with Crippen LogP contribution in [-0.4, -0.2) is 24.7 Å². The van der Waals surface area contributed by atoms with E-state index in [0.29, 0.717) is 13.1 Å². The monoisotopic (exact) mass is 272 g/mol. The average molecular weight is 272 g/mol. The second kappa shape index (κ2) is 5.04. The van der Waals surface area contributed by atoms with Gasteiger partial charge in [-0.3, -0.25) is 0 Å². The maximum atomic E-state index is 13.9. The van der Waals surface area contributed by atoms with E-state index < -0.39 is 17.5 Å². The summed E-state index contributed by atoms with van der Waals surface area (Å²) in [6.07, 6.45) is 0.877. The van der Waals surface area contributed by atoms with Crippen molar-refractivity contribution in [3.63, 3.8) is 0 Å². The number of hydrogen-bond donors (Lipinski definition) is 1. The van der Waals surface area contributed by atoms with Crippen molar-refractivity contribution < 1.29 is 13.2 Å². The van der Waals surface area contributed by atoms with Gasteiger partial charge in [0.15, 0.2) is 17.5 Å². The van der Waals surface area contributed by atoms with Gasteiger partial charge in [-0.25, -0.2) is 13.2 Å². The van der Waals surface area contributed by atoms with Crippen molar-refractivity contribution in [2.45, 2.75) is 38.8 Å². The highest BCUT2D eigenvalue weighted by Gasteiger charge is 2.34. The van der Waals surface area contributed by atoms with Crippen LogP contribution in [0.15, 0.2) is 12.1 Å². The summed E-state index contributed by atoms with van der Waals surface area (Å²) in [7, 11) is 0. The lowest BCUT2D eigenvalue weighted by Crippen LogP contribution is -2.62. The van der Waals surface area contributed by atoms with Gasteiger partial charge >= 0.3 is 0 Å². The van der Waals surface area contributed by atoms with Crippen LogP contribution in [0.3, 0.4) is 0 Å². The number of hydrogen-bond acceptors (Lipinski definition) is 2. The third-order valence-corrected chi connectivity index (χ3v) is 3.98. The summed E-state index contributed by atoms with van der Waals surface area (Å²) in [4.78, 5) is 1.80. The number of nitrogens with zero attached hydrogens (tertiary/aromatic N) is 1. The van der Waals surface area contributed by atoms with Crippen LogP contribution in [0, 0.1) is 17.5 Å². The van der Waals surface area contributed by atoms with Crippen LogP contribution < -0.4 is 10.2 Å². The van der Waals surface area contributed by atoms with Crippen LogP contribution in [0.2, 0.25) is 0 Å². The van der Waals surface area contributed by atoms with Gasteiger partial charge in [-0.1, -0.05) is 6.92 Å². The highest BCUT2D eigenvalue weighted by atomic mass is 19.2. The molecule has 2 unspecified atom stereocenters. The quantitative estimate of drug-likeness (QED) is 0.832. The molecule has 0 aliphatic carbocycles. The first-order valence-corrected chi connectivity index (χ1v) is 6.53. The minimum atomic E-state index is -1.40. The molecule has 1 saturated heterocycles. The minimum absolute atomic E-state index is 0.0268. The van der Waals surface area contributed by atoms with Gasteiger partial charge in [0.05, 0.1) is 5.69 Å². The number of piperazine rings is 1. The lowest BCUT2D eigenvalue weighted by atomic mass is 9.93. The molecule has 1 heterocycles. The Kier molecular flexibility index (Phi) is 3.76. The zero-order valence-corrected chi connectivity index (χ0v) is 11.4. The lowest BCUT2D eigenvalue weighted by Gasteiger charge is -2.46. The molecule has 0 bridgehead atoms. The van der Waals surface area contributed by atoms with Crippen molar-refractivity contribution in [2.24, 2.45) is 0 Å². The van der Waals surface area contributed by atoms with Crippen molar-refractivity contribution >= 4 is 5.69 Å². The summed E-state index contributed by atoms with van der Waals surface area (Å²) in [6, 6.07) is 2.32. The van der Waals surface area contributed by atoms with E-state index in [-0.39, 0.29) is 17.3 Å². The highest BCUT2D eigenvalue weighted by Crippen LogP contribution is 2.29. The molecular formula is C14H19F3N2. The van der Waals surface area contributed by atoms with Crippen molar-refractivity contribution in [3.8, 4) is 0 Å². The molecule has 106 valence electrons. The molecule has 0 amide bonds. The molecule has 5 heteroatoms. The normalized spacial score (nSPS) is 27.7. The van der Waals surface area contributed by atoms with Crippen molar-refractivity contribution in [3.05, 3.63) is 29.6 Å². The summed E-state index contributed by atoms with van der Waals surface area (Å²) < 4.78 is 40.3. The Labute approximate surface area is 111 Å². The maximum Gasteiger partial charge on any atom is 0.196 e. The zero-order valence-electron chi connectivity index (χ0n) is 11.4. The Bertz CT molecular complexity index is 478. The number of rotatable bonds is 2. The summed E-state index contributed by atoms with van der Waals surface area (Å²) >= 11 is 0. The van der Waals surface area contributed by atoms with Gasteiger partial charge in [0.25, 0.3) is 0 Å². The third kappa shape index (κ3) is 2.56. The lowest BCUT2D eigenvalue weighted by molar-refractivity contribution is 0.283. The number of benzene rings is 1. The van der Waals surface area contributed by atoms with Crippen molar-refractivity contribution in [1.29, 1.82) is 0 Å². The van der Waals surface area contributed by atoms with Gasteiger partial charge in [-0.15, -0.1) is 0 Å². The Morgan fingerprint density at radius 1 is 1.32 bits per heavy atom. The van der Waals surface area contributed by atoms with Crippen molar-refractivity contribution in [2.75, 3.05) is 18.0 Å². The average Bonchev–Trinajstić information content (AvgIpc) is 2.40. The van der Waals surface area contributed by atoms with Crippen molar-refractivity contribution in [1.82, 2.24) is 5.32 Å². The van der Waals surface area contributed by atoms with E-state index in [4.69, 9.17) is 0 Å². The number of nitrogens with one attached hydrogen (secondary N) is 1. The SMILES string of the molecule is CCC1(C)CN(c2ccc(F)c(F)c2F)C(C)CN1. The van der Waals surface area contributed by atoms with E-state index in [0.717, 1.165) is 12.5 Å². The smallest absolute Gasteiger partial charge is 0.196 e. The van der Waals surface area contributed by atoms with Crippen LogP contribution in [0.5, 0.6) is 0 Å². The largest absolute Gasteiger partial charge is 0.363 e. The van der Waals surface area contributed by atoms with Gasteiger partial charge in [-0.2, -0.15) is 0 Å². The topological polar surface area (TPSA) is 15.3 Å². The van der Waals surface area contributed by atoms with Gasteiger partial charge in [0, 0.05) is 24.7 Å². The first-order valence-electron chi connectivity index (χ1n) is 6.53. The Morgan fingerprint density at radius 3 is 2.63 bits per heavy atom. The van der Waals surface area contributed by atoms with Crippen LogP contribution >= 0.6 is 0 Å². The highest BCUT2D eigenvalue weighted by molar-refractivity contribution is 5.50. The molecule has 0 spiro atoms. The summed E-state index contributed by atoms with van der Waals surface area (Å²) in [5.41, 5.74) is -0.0170. The molecule has 1 fully saturated rings. The molecule has 2 nitrogen and oxygen atoms in total. The molecule has 1 N–H and O–H groups in total. The van der Waals surface area contributed by atoms with Gasteiger partial charge in [0.2, 0.25) is 0 Å². The molecular weight excluding hydrogens is 253 g/mol. The van der Waals surface area contributed by atoms with Crippen LogP contribution in [0.1, 0.15) is 27.2 Å². The molecule has 1 aromatic carbocycles. The van der Waals surface area contributed by atoms with E-state index in [1.807, 2.05) is 20.8 Å². The molecule has 2 rings (SSSR count). The fraction of sp³-hybridized carbons (Fsp3) is 0.571. The number of anilines is 1. The summed E-state index contributed by atoms with van der Waals surface area (Å²) in [5.74, 6) is -3.66. The molecule has 2 atom stereocenters. The second-order valence-corrected chi connectivity index (χ2v) is 5.47. The van der Waals surface area contributed by atoms with Gasteiger partial charge < -0.3 is 10.2 Å². The van der Waals surface area contributed by atoms with E-state index in [2.05, 4.69) is 5.32 Å². The summed E-state index contributed by atoms with van der Waals surface area (Å²) in [5, 5.41) is 3.41. The molecule has 1 aliphatic heterocycles. The second-order valence-electron chi connectivity index (χ2n) is 5.47. The minimum Gasteiger partial charge on any atom is -0.363 e. The van der Waals surface area contributed by atoms with Gasteiger partial charge in [-0.05, 0) is 32.4 Å². The predicted octanol–water partition coefficient (Wildman–Crippen LogP) is 3.07. The fourth-order valence-corrected chi connectivity index (χ4v) is 2.39. The standard InChI is InChI=1S/C14H19F3N2/c1-4-14(3)8-19(9(2)7-18-14)11-6-5-10(15)12(16)13(11)17/h5-6,9,18H,4,7-8H2,1-3H3. The van der Waals surface area contributed by atoms with E-state index in [1.165, 1.54) is 6.07 Å². The molecule has 0 radical (unpaired) electrons. The van der Waals surface area contributed by atoms with E-state index >= 15 is 0 Å².